The topological polar surface area (TPSA) is 80.3 Å². The summed E-state index contributed by atoms with van der Waals surface area (Å²) in [6.45, 7) is 6.44. The van der Waals surface area contributed by atoms with Crippen LogP contribution in [-0.2, 0) is 26.1 Å². The minimum absolute atomic E-state index is 0. The van der Waals surface area contributed by atoms with Gasteiger partial charge in [0.2, 0.25) is 0 Å². The van der Waals surface area contributed by atoms with Gasteiger partial charge in [0, 0.05) is 38.0 Å². The smallest absolute Gasteiger partial charge is 0.191 e. The van der Waals surface area contributed by atoms with E-state index in [2.05, 4.69) is 74.5 Å². The Morgan fingerprint density at radius 1 is 1.12 bits per heavy atom. The molecule has 3 aromatic rings. The molecule has 0 saturated carbocycles. The van der Waals surface area contributed by atoms with E-state index in [9.17, 15) is 0 Å². The van der Waals surface area contributed by atoms with E-state index in [1.807, 2.05) is 18.5 Å². The molecule has 0 saturated heterocycles. The van der Waals surface area contributed by atoms with Crippen LogP contribution in [0.2, 0.25) is 0 Å². The number of aromatic nitrogens is 3. The van der Waals surface area contributed by atoms with Crippen LogP contribution in [-0.4, -0.2) is 27.7 Å². The van der Waals surface area contributed by atoms with Crippen molar-refractivity contribution in [3.8, 4) is 0 Å². The maximum atomic E-state index is 5.48. The van der Waals surface area contributed by atoms with E-state index >= 15 is 0 Å². The summed E-state index contributed by atoms with van der Waals surface area (Å²) in [6, 6.07) is 12.6. The normalized spacial score (nSPS) is 11.4. The number of aryl methyl sites for hydroxylation is 2. The van der Waals surface area contributed by atoms with Gasteiger partial charge in [-0.25, -0.2) is 4.98 Å². The maximum absolute atomic E-state index is 5.48. The molecular formula is C24H35IN6O. The molecule has 0 spiro atoms. The third-order valence-electron chi connectivity index (χ3n) is 5.56. The Labute approximate surface area is 208 Å². The van der Waals surface area contributed by atoms with Crippen molar-refractivity contribution >= 4 is 29.9 Å². The fourth-order valence-corrected chi connectivity index (χ4v) is 3.67. The van der Waals surface area contributed by atoms with Crippen molar-refractivity contribution in [2.75, 3.05) is 7.05 Å². The Balaban J connectivity index is 0.00000363. The number of hydrogen-bond donors (Lipinski definition) is 2. The lowest BCUT2D eigenvalue weighted by Crippen LogP contribution is -2.36. The van der Waals surface area contributed by atoms with Gasteiger partial charge in [-0.2, -0.15) is 0 Å². The maximum Gasteiger partial charge on any atom is 0.191 e. The third-order valence-corrected chi connectivity index (χ3v) is 5.56. The quantitative estimate of drug-likeness (QED) is 0.202. The van der Waals surface area contributed by atoms with Crippen molar-refractivity contribution in [3.63, 3.8) is 0 Å². The molecule has 8 heteroatoms. The van der Waals surface area contributed by atoms with E-state index in [0.717, 1.165) is 49.5 Å². The minimum Gasteiger partial charge on any atom is -0.359 e. The van der Waals surface area contributed by atoms with Gasteiger partial charge in [0.15, 0.2) is 11.7 Å². The summed E-state index contributed by atoms with van der Waals surface area (Å²) in [6.07, 6.45) is 8.15. The number of aliphatic imine (C=N–C) groups is 1. The molecule has 0 aliphatic rings. The number of hydrogen-bond acceptors (Lipinski definition) is 4. The van der Waals surface area contributed by atoms with Crippen LogP contribution in [0.5, 0.6) is 0 Å². The summed E-state index contributed by atoms with van der Waals surface area (Å²) >= 11 is 0. The highest BCUT2D eigenvalue weighted by atomic mass is 127. The minimum atomic E-state index is 0. The molecule has 0 amide bonds. The highest BCUT2D eigenvalue weighted by Gasteiger charge is 2.13. The molecule has 0 unspecified atom stereocenters. The predicted octanol–water partition coefficient (Wildman–Crippen LogP) is 4.89. The molecule has 32 heavy (non-hydrogen) atoms. The Kier molecular flexibility index (Phi) is 11.3. The first kappa shape index (κ1) is 25.9. The zero-order valence-electron chi connectivity index (χ0n) is 19.3. The van der Waals surface area contributed by atoms with Gasteiger partial charge in [-0.15, -0.1) is 24.0 Å². The van der Waals surface area contributed by atoms with Crippen LogP contribution in [0.1, 0.15) is 61.9 Å². The van der Waals surface area contributed by atoms with Gasteiger partial charge in [0.1, 0.15) is 5.82 Å². The lowest BCUT2D eigenvalue weighted by atomic mass is 9.99. The summed E-state index contributed by atoms with van der Waals surface area (Å²) in [5.41, 5.74) is 2.40. The molecule has 1 aromatic carbocycles. The molecule has 0 aliphatic heterocycles. The van der Waals surface area contributed by atoms with Crippen molar-refractivity contribution < 1.29 is 4.52 Å². The van der Waals surface area contributed by atoms with E-state index in [-0.39, 0.29) is 24.0 Å². The Morgan fingerprint density at radius 3 is 2.59 bits per heavy atom. The summed E-state index contributed by atoms with van der Waals surface area (Å²) in [5.74, 6) is 2.97. The number of nitrogens with one attached hydrogen (secondary N) is 2. The molecule has 0 aliphatic carbocycles. The molecule has 2 aromatic heterocycles. The molecule has 174 valence electrons. The molecule has 0 fully saturated rings. The van der Waals surface area contributed by atoms with Gasteiger partial charge >= 0.3 is 0 Å². The van der Waals surface area contributed by atoms with Crippen LogP contribution >= 0.6 is 24.0 Å². The van der Waals surface area contributed by atoms with Crippen molar-refractivity contribution in [1.29, 1.82) is 0 Å². The lowest BCUT2D eigenvalue weighted by molar-refractivity contribution is 0.368. The number of nitrogens with zero attached hydrogens (tertiary/aromatic N) is 4. The molecule has 7 nitrogen and oxygen atoms in total. The largest absolute Gasteiger partial charge is 0.359 e. The highest BCUT2D eigenvalue weighted by molar-refractivity contribution is 14.0. The van der Waals surface area contributed by atoms with Gasteiger partial charge in [0.25, 0.3) is 0 Å². The first-order valence-corrected chi connectivity index (χ1v) is 11.2. The van der Waals surface area contributed by atoms with E-state index in [4.69, 9.17) is 4.52 Å². The van der Waals surface area contributed by atoms with Crippen LogP contribution in [0, 0.1) is 0 Å². The predicted molar refractivity (Wildman–Crippen MR) is 139 cm³/mol. The SMILES string of the molecule is CCC(CC)c1cc(CNC(=NC)NCc2nccn2CCCc2ccccc2)on1.I. The fraction of sp³-hybridized carbons (Fsp3) is 0.458. The second kappa shape index (κ2) is 13.9. The molecule has 3 rings (SSSR count). The third kappa shape index (κ3) is 7.65. The van der Waals surface area contributed by atoms with E-state index in [1.54, 1.807) is 7.05 Å². The lowest BCUT2D eigenvalue weighted by Gasteiger charge is -2.12. The van der Waals surface area contributed by atoms with Crippen molar-refractivity contribution in [2.45, 2.75) is 65.1 Å². The average molecular weight is 550 g/mol. The van der Waals surface area contributed by atoms with Gasteiger partial charge in [-0.05, 0) is 31.2 Å². The Hall–Kier alpha value is -2.36. The highest BCUT2D eigenvalue weighted by Crippen LogP contribution is 2.22. The molecule has 2 N–H and O–H groups in total. The average Bonchev–Trinajstić information content (AvgIpc) is 3.45. The second-order valence-electron chi connectivity index (χ2n) is 7.64. The van der Waals surface area contributed by atoms with E-state index in [0.29, 0.717) is 25.0 Å². The van der Waals surface area contributed by atoms with Crippen molar-refractivity contribution in [1.82, 2.24) is 25.3 Å². The van der Waals surface area contributed by atoms with E-state index < -0.39 is 0 Å². The van der Waals surface area contributed by atoms with Crippen LogP contribution in [0.3, 0.4) is 0 Å². The second-order valence-corrected chi connectivity index (χ2v) is 7.64. The Bertz CT molecular complexity index is 933. The number of rotatable bonds is 11. The number of guanidine groups is 1. The zero-order valence-corrected chi connectivity index (χ0v) is 21.6. The summed E-state index contributed by atoms with van der Waals surface area (Å²) in [7, 11) is 1.76. The van der Waals surface area contributed by atoms with Crippen LogP contribution < -0.4 is 10.6 Å². The summed E-state index contributed by atoms with van der Waals surface area (Å²) < 4.78 is 7.68. The van der Waals surface area contributed by atoms with Crippen molar-refractivity contribution in [2.24, 2.45) is 4.99 Å². The molecule has 0 radical (unpaired) electrons. The summed E-state index contributed by atoms with van der Waals surface area (Å²) in [5, 5.41) is 10.8. The van der Waals surface area contributed by atoms with Gasteiger partial charge in [-0.1, -0.05) is 49.3 Å². The van der Waals surface area contributed by atoms with Gasteiger partial charge < -0.3 is 19.7 Å². The summed E-state index contributed by atoms with van der Waals surface area (Å²) in [4.78, 5) is 8.80. The number of benzene rings is 1. The van der Waals surface area contributed by atoms with Crippen LogP contribution in [0.15, 0.2) is 58.3 Å². The van der Waals surface area contributed by atoms with Crippen LogP contribution in [0.4, 0.5) is 0 Å². The number of halogens is 1. The Morgan fingerprint density at radius 2 is 1.88 bits per heavy atom. The zero-order chi connectivity index (χ0) is 21.9. The monoisotopic (exact) mass is 550 g/mol. The van der Waals surface area contributed by atoms with Crippen LogP contribution in [0.25, 0.3) is 0 Å². The fourth-order valence-electron chi connectivity index (χ4n) is 3.67. The van der Waals surface area contributed by atoms with E-state index in [1.165, 1.54) is 5.56 Å². The van der Waals surface area contributed by atoms with Gasteiger partial charge in [-0.3, -0.25) is 4.99 Å². The first-order chi connectivity index (χ1) is 15.2. The first-order valence-electron chi connectivity index (χ1n) is 11.2. The number of imidazole rings is 1. The van der Waals surface area contributed by atoms with Crippen molar-refractivity contribution in [3.05, 3.63) is 71.6 Å². The van der Waals surface area contributed by atoms with Gasteiger partial charge in [0.05, 0.1) is 18.8 Å². The molecular weight excluding hydrogens is 515 g/mol. The molecule has 0 bridgehead atoms. The molecule has 2 heterocycles. The molecule has 0 atom stereocenters. The standard InChI is InChI=1S/C24H34N6O.HI/c1-4-20(5-2)22-16-21(31-29-22)17-27-24(25-3)28-18-23-26-13-15-30(23)14-9-12-19-10-7-6-8-11-19;/h6-8,10-11,13,15-16,20H,4-5,9,12,14,17-18H2,1-3H3,(H2,25,27,28);1H.